The lowest BCUT2D eigenvalue weighted by Gasteiger charge is -2.32. The van der Waals surface area contributed by atoms with Crippen molar-refractivity contribution in [3.05, 3.63) is 65.2 Å². The molecule has 1 atom stereocenters. The van der Waals surface area contributed by atoms with Gasteiger partial charge in [-0.2, -0.15) is 0 Å². The van der Waals surface area contributed by atoms with Crippen LogP contribution < -0.4 is 9.62 Å². The highest BCUT2D eigenvalue weighted by molar-refractivity contribution is 7.92. The maximum absolute atomic E-state index is 13.6. The molecule has 0 saturated heterocycles. The highest BCUT2D eigenvalue weighted by atomic mass is 32.2. The van der Waals surface area contributed by atoms with Crippen molar-refractivity contribution in [2.75, 3.05) is 23.7 Å². The molecule has 34 heavy (non-hydrogen) atoms. The predicted octanol–water partition coefficient (Wildman–Crippen LogP) is 3.51. The van der Waals surface area contributed by atoms with E-state index in [9.17, 15) is 18.0 Å². The van der Waals surface area contributed by atoms with Crippen molar-refractivity contribution < 1.29 is 18.0 Å². The normalized spacial score (nSPS) is 12.3. The molecule has 0 aliphatic heterocycles. The molecule has 0 radical (unpaired) electrons. The van der Waals surface area contributed by atoms with Crippen molar-refractivity contribution in [2.45, 2.75) is 53.6 Å². The Morgan fingerprint density at radius 3 is 2.12 bits per heavy atom. The van der Waals surface area contributed by atoms with Gasteiger partial charge in [-0.05, 0) is 48.9 Å². The number of nitrogens with zero attached hydrogens (tertiary/aromatic N) is 2. The summed E-state index contributed by atoms with van der Waals surface area (Å²) in [6.45, 7) is 9.87. The molecule has 0 aliphatic rings. The maximum Gasteiger partial charge on any atom is 0.244 e. The molecular weight excluding hydrogens is 450 g/mol. The van der Waals surface area contributed by atoms with Gasteiger partial charge in [0.05, 0.1) is 11.9 Å². The minimum absolute atomic E-state index is 0.203. The number of anilines is 1. The minimum atomic E-state index is -3.74. The third-order valence-corrected chi connectivity index (χ3v) is 6.90. The van der Waals surface area contributed by atoms with Gasteiger partial charge >= 0.3 is 0 Å². The van der Waals surface area contributed by atoms with Crippen LogP contribution in [0.3, 0.4) is 0 Å². The van der Waals surface area contributed by atoms with E-state index in [-0.39, 0.29) is 24.9 Å². The summed E-state index contributed by atoms with van der Waals surface area (Å²) in [7, 11) is -3.74. The summed E-state index contributed by atoms with van der Waals surface area (Å²) >= 11 is 0. The van der Waals surface area contributed by atoms with Crippen LogP contribution in [0.4, 0.5) is 5.69 Å². The topological polar surface area (TPSA) is 86.8 Å². The molecule has 186 valence electrons. The summed E-state index contributed by atoms with van der Waals surface area (Å²) in [5, 5.41) is 2.89. The first-order valence-corrected chi connectivity index (χ1v) is 13.5. The van der Waals surface area contributed by atoms with Crippen LogP contribution in [-0.2, 0) is 32.6 Å². The third kappa shape index (κ3) is 7.32. The first-order chi connectivity index (χ1) is 16.0. The van der Waals surface area contributed by atoms with Crippen molar-refractivity contribution >= 4 is 27.5 Å². The van der Waals surface area contributed by atoms with Gasteiger partial charge in [0.15, 0.2) is 0 Å². The number of carbonyl (C=O) groups excluding carboxylic acids is 2. The third-order valence-electron chi connectivity index (χ3n) is 5.77. The molecule has 0 fully saturated rings. The summed E-state index contributed by atoms with van der Waals surface area (Å²) in [6.07, 6.45) is 1.72. The Balaban J connectivity index is 2.42. The van der Waals surface area contributed by atoms with Gasteiger partial charge in [0.1, 0.15) is 12.6 Å². The minimum Gasteiger partial charge on any atom is -0.354 e. The van der Waals surface area contributed by atoms with Gasteiger partial charge in [0, 0.05) is 13.1 Å². The maximum atomic E-state index is 13.6. The standard InChI is InChI=1S/C26H37N3O4S/c1-7-22-13-10-11-15-24(22)29(34(6,32)33)18-25(30)28(17-23-14-9-8-12-20(23)4)21(5)26(31)27-16-19(2)3/h8-15,19,21H,7,16-18H2,1-6H3,(H,27,31)/t21-/m1/s1. The number of hydrogen-bond acceptors (Lipinski definition) is 4. The summed E-state index contributed by atoms with van der Waals surface area (Å²) in [6, 6.07) is 14.0. The van der Waals surface area contributed by atoms with E-state index < -0.39 is 22.0 Å². The number of aryl methyl sites for hydroxylation is 2. The number of nitrogens with one attached hydrogen (secondary N) is 1. The molecule has 2 rings (SSSR count). The van der Waals surface area contributed by atoms with Crippen LogP contribution in [-0.4, -0.2) is 50.5 Å². The molecular formula is C26H37N3O4S. The molecule has 2 aromatic carbocycles. The van der Waals surface area contributed by atoms with E-state index in [0.717, 1.165) is 27.3 Å². The van der Waals surface area contributed by atoms with Gasteiger partial charge in [-0.15, -0.1) is 0 Å². The van der Waals surface area contributed by atoms with Gasteiger partial charge in [-0.25, -0.2) is 8.42 Å². The van der Waals surface area contributed by atoms with Gasteiger partial charge in [0.2, 0.25) is 21.8 Å². The predicted molar refractivity (Wildman–Crippen MR) is 137 cm³/mol. The number of hydrogen-bond donors (Lipinski definition) is 1. The molecule has 0 heterocycles. The fraction of sp³-hybridized carbons (Fsp3) is 0.462. The highest BCUT2D eigenvalue weighted by Crippen LogP contribution is 2.24. The Morgan fingerprint density at radius 2 is 1.56 bits per heavy atom. The van der Waals surface area contributed by atoms with E-state index >= 15 is 0 Å². The number of para-hydroxylation sites is 1. The van der Waals surface area contributed by atoms with Crippen LogP contribution in [0.15, 0.2) is 48.5 Å². The average molecular weight is 488 g/mol. The number of benzene rings is 2. The van der Waals surface area contributed by atoms with E-state index in [4.69, 9.17) is 0 Å². The summed E-state index contributed by atoms with van der Waals surface area (Å²) in [5.74, 6) is -0.440. The molecule has 0 saturated carbocycles. The molecule has 2 aromatic rings. The molecule has 1 N–H and O–H groups in total. The number of amides is 2. The van der Waals surface area contributed by atoms with Crippen molar-refractivity contribution in [3.63, 3.8) is 0 Å². The van der Waals surface area contributed by atoms with E-state index in [2.05, 4.69) is 5.32 Å². The van der Waals surface area contributed by atoms with Crippen LogP contribution in [0.25, 0.3) is 0 Å². The smallest absolute Gasteiger partial charge is 0.244 e. The zero-order chi connectivity index (χ0) is 25.5. The second kappa shape index (κ2) is 12.0. The number of carbonyl (C=O) groups is 2. The summed E-state index contributed by atoms with van der Waals surface area (Å²) in [4.78, 5) is 28.0. The van der Waals surface area contributed by atoms with Crippen LogP contribution in [0, 0.1) is 12.8 Å². The lowest BCUT2D eigenvalue weighted by molar-refractivity contribution is -0.139. The van der Waals surface area contributed by atoms with Crippen LogP contribution in [0.2, 0.25) is 0 Å². The monoisotopic (exact) mass is 487 g/mol. The number of rotatable bonds is 11. The fourth-order valence-electron chi connectivity index (χ4n) is 3.65. The fourth-order valence-corrected chi connectivity index (χ4v) is 4.53. The molecule has 0 bridgehead atoms. The van der Waals surface area contributed by atoms with E-state index in [1.54, 1.807) is 19.1 Å². The van der Waals surface area contributed by atoms with E-state index in [1.807, 2.05) is 64.1 Å². The zero-order valence-corrected chi connectivity index (χ0v) is 21.9. The van der Waals surface area contributed by atoms with Crippen LogP contribution in [0.1, 0.15) is 44.4 Å². The Hall–Kier alpha value is -2.87. The van der Waals surface area contributed by atoms with Gasteiger partial charge in [-0.1, -0.05) is 63.2 Å². The van der Waals surface area contributed by atoms with Crippen molar-refractivity contribution in [2.24, 2.45) is 5.92 Å². The molecule has 8 heteroatoms. The molecule has 0 spiro atoms. The molecule has 7 nitrogen and oxygen atoms in total. The summed E-state index contributed by atoms with van der Waals surface area (Å²) in [5.41, 5.74) is 3.20. The zero-order valence-electron chi connectivity index (χ0n) is 21.0. The van der Waals surface area contributed by atoms with Crippen molar-refractivity contribution in [1.29, 1.82) is 0 Å². The Kier molecular flexibility index (Phi) is 9.67. The Labute approximate surface area is 204 Å². The highest BCUT2D eigenvalue weighted by Gasteiger charge is 2.30. The van der Waals surface area contributed by atoms with Crippen molar-refractivity contribution in [1.82, 2.24) is 10.2 Å². The quantitative estimate of drug-likeness (QED) is 0.525. The number of sulfonamides is 1. The first kappa shape index (κ1) is 27.4. The van der Waals surface area contributed by atoms with Crippen molar-refractivity contribution in [3.8, 4) is 0 Å². The van der Waals surface area contributed by atoms with E-state index in [0.29, 0.717) is 18.7 Å². The van der Waals surface area contributed by atoms with Gasteiger partial charge < -0.3 is 10.2 Å². The molecule has 0 aromatic heterocycles. The molecule has 2 amide bonds. The van der Waals surface area contributed by atoms with Crippen LogP contribution in [0.5, 0.6) is 0 Å². The first-order valence-electron chi connectivity index (χ1n) is 11.6. The van der Waals surface area contributed by atoms with Gasteiger partial charge in [-0.3, -0.25) is 13.9 Å². The summed E-state index contributed by atoms with van der Waals surface area (Å²) < 4.78 is 26.6. The Bertz CT molecular complexity index is 1100. The largest absolute Gasteiger partial charge is 0.354 e. The lowest BCUT2D eigenvalue weighted by atomic mass is 10.1. The second-order valence-electron chi connectivity index (χ2n) is 9.01. The molecule has 0 unspecified atom stereocenters. The van der Waals surface area contributed by atoms with E-state index in [1.165, 1.54) is 4.90 Å². The SMILES string of the molecule is CCc1ccccc1N(CC(=O)N(Cc1ccccc1C)[C@H](C)C(=O)NCC(C)C)S(C)(=O)=O. The second-order valence-corrected chi connectivity index (χ2v) is 10.9. The average Bonchev–Trinajstić information content (AvgIpc) is 2.79. The van der Waals surface area contributed by atoms with Crippen LogP contribution >= 0.6 is 0 Å². The molecule has 0 aliphatic carbocycles. The lowest BCUT2D eigenvalue weighted by Crippen LogP contribution is -2.51. The van der Waals surface area contributed by atoms with Gasteiger partial charge in [0.25, 0.3) is 0 Å². The Morgan fingerprint density at radius 1 is 0.971 bits per heavy atom.